The molecule has 314 valence electrons. The minimum Gasteiger partial charge on any atom is -0.466 e. The van der Waals surface area contributed by atoms with Crippen molar-refractivity contribution in [1.82, 2.24) is 5.32 Å². The fourth-order valence-electron chi connectivity index (χ4n) is 3.81. The Morgan fingerprint density at radius 2 is 0.887 bits per heavy atom. The Morgan fingerprint density at radius 3 is 1.26 bits per heavy atom. The molecule has 19 nitrogen and oxygen atoms in total. The van der Waals surface area contributed by atoms with Crippen molar-refractivity contribution >= 4 is 18.7 Å². The summed E-state index contributed by atoms with van der Waals surface area (Å²) in [5, 5.41) is 11.3. The average molecular weight is 775 g/mol. The second-order valence-electron chi connectivity index (χ2n) is 11.1. The van der Waals surface area contributed by atoms with Gasteiger partial charge in [-0.15, -0.1) is 0 Å². The van der Waals surface area contributed by atoms with Crippen molar-refractivity contribution in [1.29, 1.82) is 0 Å². The molecule has 0 fully saturated rings. The van der Waals surface area contributed by atoms with E-state index >= 15 is 0 Å². The van der Waals surface area contributed by atoms with Gasteiger partial charge in [-0.3, -0.25) is 9.59 Å². The van der Waals surface area contributed by atoms with Crippen LogP contribution in [0.2, 0.25) is 0 Å². The molecule has 0 aromatic carbocycles. The number of hydrogen-bond acceptors (Lipinski definition) is 18. The summed E-state index contributed by atoms with van der Waals surface area (Å²) in [5.74, 6) is -0.199. The molecule has 0 saturated heterocycles. The molecule has 0 heterocycles. The summed E-state index contributed by atoms with van der Waals surface area (Å²) in [6.07, 6.45) is 1.89. The second kappa shape index (κ2) is 42.8. The zero-order valence-corrected chi connectivity index (χ0v) is 31.4. The molecule has 0 aliphatic carbocycles. The van der Waals surface area contributed by atoms with Gasteiger partial charge in [-0.05, 0) is 6.42 Å². The van der Waals surface area contributed by atoms with E-state index in [0.717, 1.165) is 6.29 Å². The number of carbonyl (C=O) groups excluding carboxylic acids is 3. The van der Waals surface area contributed by atoms with Crippen molar-refractivity contribution in [2.75, 3.05) is 178 Å². The van der Waals surface area contributed by atoms with Crippen LogP contribution in [0.4, 0.5) is 0 Å². The molecule has 1 unspecified atom stereocenters. The number of unbranched alkanes of at least 4 members (excludes halogenated alkanes) is 1. The molecule has 0 radical (unpaired) electrons. The molecule has 0 aliphatic heterocycles. The fraction of sp³-hybridized carbons (Fsp3) is 0.912. The van der Waals surface area contributed by atoms with Gasteiger partial charge in [-0.1, -0.05) is 0 Å². The summed E-state index contributed by atoms with van der Waals surface area (Å²) in [6.45, 7) is 10.1. The van der Waals surface area contributed by atoms with E-state index in [1.807, 2.05) is 0 Å². The van der Waals surface area contributed by atoms with Gasteiger partial charge in [0.25, 0.3) is 6.47 Å². The van der Waals surface area contributed by atoms with Gasteiger partial charge in [0.2, 0.25) is 5.91 Å². The van der Waals surface area contributed by atoms with E-state index in [-0.39, 0.29) is 45.4 Å². The molecule has 53 heavy (non-hydrogen) atoms. The molecule has 0 aromatic heterocycles. The Balaban J connectivity index is 3.34. The van der Waals surface area contributed by atoms with Crippen molar-refractivity contribution in [3.05, 3.63) is 0 Å². The van der Waals surface area contributed by atoms with Crippen LogP contribution in [0.5, 0.6) is 0 Å². The lowest BCUT2D eigenvalue weighted by atomic mass is 10.1. The average Bonchev–Trinajstić information content (AvgIpc) is 3.16. The highest BCUT2D eigenvalue weighted by atomic mass is 16.6. The van der Waals surface area contributed by atoms with Crippen LogP contribution in [0, 0.1) is 0 Å². The summed E-state index contributed by atoms with van der Waals surface area (Å²) < 4.78 is 69.7. The third-order valence-electron chi connectivity index (χ3n) is 6.45. The quantitative estimate of drug-likeness (QED) is 0.0474. The van der Waals surface area contributed by atoms with E-state index < -0.39 is 5.54 Å². The lowest BCUT2D eigenvalue weighted by Crippen LogP contribution is -2.53. The molecule has 0 aromatic rings. The van der Waals surface area contributed by atoms with Crippen molar-refractivity contribution in [3.8, 4) is 0 Å². The first-order valence-electron chi connectivity index (χ1n) is 18.2. The van der Waals surface area contributed by atoms with Crippen LogP contribution in [0.15, 0.2) is 0 Å². The Hall–Kier alpha value is -1.95. The Bertz CT molecular complexity index is 789. The maximum absolute atomic E-state index is 12.0. The molecular formula is C34H66N2O17. The molecule has 0 rings (SSSR count). The minimum absolute atomic E-state index is 0.0137. The first-order valence-corrected chi connectivity index (χ1v) is 18.2. The zero-order valence-electron chi connectivity index (χ0n) is 31.4. The third-order valence-corrected chi connectivity index (χ3v) is 6.45. The minimum atomic E-state index is -1.06. The lowest BCUT2D eigenvalue weighted by Gasteiger charge is -2.27. The topological polar surface area (TPSA) is 229 Å². The molecule has 1 amide bonds. The van der Waals surface area contributed by atoms with E-state index in [9.17, 15) is 14.4 Å². The molecule has 1 atom stereocenters. The molecule has 19 heteroatoms. The number of aliphatic hydroxyl groups excluding tert-OH is 1. The monoisotopic (exact) mass is 774 g/mol. The van der Waals surface area contributed by atoms with Gasteiger partial charge < -0.3 is 82.5 Å². The SMILES string of the molecule is NC(COC=O)(COCCCC=O)COCCC(=O)NCCOCCOCCOCCOCCOCCOCCOCCOCCOCCOCCO. The second-order valence-corrected chi connectivity index (χ2v) is 11.1. The van der Waals surface area contributed by atoms with Crippen LogP contribution in [-0.2, 0) is 76.0 Å². The molecule has 0 saturated carbocycles. The highest BCUT2D eigenvalue weighted by molar-refractivity contribution is 5.75. The predicted octanol–water partition coefficient (Wildman–Crippen LogP) is -1.47. The van der Waals surface area contributed by atoms with Crippen LogP contribution >= 0.6 is 0 Å². The van der Waals surface area contributed by atoms with E-state index in [2.05, 4.69) is 5.32 Å². The van der Waals surface area contributed by atoms with Gasteiger partial charge in [0.05, 0.1) is 164 Å². The van der Waals surface area contributed by atoms with Crippen molar-refractivity contribution in [2.24, 2.45) is 5.73 Å². The van der Waals surface area contributed by atoms with Crippen LogP contribution in [0.25, 0.3) is 0 Å². The standard InChI is InChI=1S/C34H66N2O17/c35-34(31-53-32-39,29-51-7-2-1-5-37)30-52-8-3-33(40)36-4-9-41-11-13-43-15-17-45-19-21-47-23-25-49-27-28-50-26-24-48-22-20-46-18-16-44-14-12-42-10-6-38/h5,32,38H,1-4,6-31,35H2,(H,36,40). The summed E-state index contributed by atoms with van der Waals surface area (Å²) in [6, 6.07) is 0. The molecule has 0 bridgehead atoms. The summed E-state index contributed by atoms with van der Waals surface area (Å²) in [7, 11) is 0. The number of rotatable bonds is 46. The maximum Gasteiger partial charge on any atom is 0.293 e. The van der Waals surface area contributed by atoms with E-state index in [1.165, 1.54) is 0 Å². The summed E-state index contributed by atoms with van der Waals surface area (Å²) in [4.78, 5) is 32.9. The van der Waals surface area contributed by atoms with Crippen LogP contribution in [0.3, 0.4) is 0 Å². The van der Waals surface area contributed by atoms with Crippen LogP contribution in [-0.4, -0.2) is 208 Å². The first-order chi connectivity index (χ1) is 26.1. The first kappa shape index (κ1) is 51.0. The van der Waals surface area contributed by atoms with E-state index in [4.69, 9.17) is 72.4 Å². The number of nitrogens with one attached hydrogen (secondary N) is 1. The smallest absolute Gasteiger partial charge is 0.293 e. The summed E-state index contributed by atoms with van der Waals surface area (Å²) >= 11 is 0. The number of ether oxygens (including phenoxy) is 13. The number of carbonyl (C=O) groups is 3. The van der Waals surface area contributed by atoms with Crippen LogP contribution in [0.1, 0.15) is 19.3 Å². The highest BCUT2D eigenvalue weighted by Crippen LogP contribution is 2.05. The number of aliphatic hydroxyl groups is 1. The lowest BCUT2D eigenvalue weighted by molar-refractivity contribution is -0.132. The van der Waals surface area contributed by atoms with Gasteiger partial charge in [0.1, 0.15) is 12.9 Å². The molecular weight excluding hydrogens is 708 g/mol. The van der Waals surface area contributed by atoms with Gasteiger partial charge in [0.15, 0.2) is 0 Å². The van der Waals surface area contributed by atoms with Gasteiger partial charge in [-0.25, -0.2) is 0 Å². The van der Waals surface area contributed by atoms with Gasteiger partial charge in [-0.2, -0.15) is 0 Å². The zero-order chi connectivity index (χ0) is 38.6. The highest BCUT2D eigenvalue weighted by Gasteiger charge is 2.27. The van der Waals surface area contributed by atoms with Crippen molar-refractivity contribution in [2.45, 2.75) is 24.8 Å². The summed E-state index contributed by atoms with van der Waals surface area (Å²) in [5.41, 5.74) is 5.14. The molecule has 0 aliphatic rings. The predicted molar refractivity (Wildman–Crippen MR) is 189 cm³/mol. The largest absolute Gasteiger partial charge is 0.466 e. The fourth-order valence-corrected chi connectivity index (χ4v) is 3.81. The third kappa shape index (κ3) is 41.1. The number of amides is 1. The Labute approximate surface area is 313 Å². The normalized spacial score (nSPS) is 12.5. The van der Waals surface area contributed by atoms with Crippen molar-refractivity contribution < 1.29 is 81.1 Å². The number of hydrogen-bond donors (Lipinski definition) is 3. The van der Waals surface area contributed by atoms with Crippen molar-refractivity contribution in [3.63, 3.8) is 0 Å². The van der Waals surface area contributed by atoms with Gasteiger partial charge in [0, 0.05) is 26.0 Å². The molecule has 0 spiro atoms. The number of nitrogens with two attached hydrogens (primary N) is 1. The molecule has 4 N–H and O–H groups in total. The van der Waals surface area contributed by atoms with E-state index in [1.54, 1.807) is 0 Å². The number of aldehydes is 1. The maximum atomic E-state index is 12.0. The van der Waals surface area contributed by atoms with E-state index in [0.29, 0.717) is 165 Å². The van der Waals surface area contributed by atoms with Crippen LogP contribution < -0.4 is 11.1 Å². The van der Waals surface area contributed by atoms with Gasteiger partial charge >= 0.3 is 0 Å². The Kier molecular flexibility index (Phi) is 41.2. The Morgan fingerprint density at radius 1 is 0.509 bits per heavy atom.